The first-order valence-electron chi connectivity index (χ1n) is 9.10. The minimum Gasteiger partial charge on any atom is -0.388 e. The summed E-state index contributed by atoms with van der Waals surface area (Å²) in [4.78, 5) is 5.00. The van der Waals surface area contributed by atoms with E-state index in [0.717, 1.165) is 52.0 Å². The van der Waals surface area contributed by atoms with Crippen LogP contribution in [0.5, 0.6) is 0 Å². The number of rotatable bonds is 3. The molecule has 0 amide bonds. The van der Waals surface area contributed by atoms with Gasteiger partial charge in [0.1, 0.15) is 0 Å². The van der Waals surface area contributed by atoms with Crippen LogP contribution in [0.2, 0.25) is 0 Å². The van der Waals surface area contributed by atoms with Crippen LogP contribution in [0.1, 0.15) is 51.4 Å². The van der Waals surface area contributed by atoms with Crippen molar-refractivity contribution in [1.82, 2.24) is 9.80 Å². The van der Waals surface area contributed by atoms with Gasteiger partial charge in [-0.05, 0) is 31.7 Å². The van der Waals surface area contributed by atoms with Crippen molar-refractivity contribution in [2.24, 2.45) is 0 Å². The maximum Gasteiger partial charge on any atom is 0.0812 e. The van der Waals surface area contributed by atoms with Crippen molar-refractivity contribution in [3.05, 3.63) is 11.5 Å². The van der Waals surface area contributed by atoms with Crippen LogP contribution in [-0.2, 0) is 0 Å². The van der Waals surface area contributed by atoms with E-state index in [1.54, 1.807) is 0 Å². The second-order valence-electron chi connectivity index (χ2n) is 7.57. The normalized spacial score (nSPS) is 34.5. The van der Waals surface area contributed by atoms with Crippen LogP contribution in [0.4, 0.5) is 0 Å². The number of hydrogen-bond acceptors (Lipinski definition) is 4. The van der Waals surface area contributed by atoms with Crippen LogP contribution in [0.3, 0.4) is 0 Å². The lowest BCUT2D eigenvalue weighted by Crippen LogP contribution is -2.59. The van der Waals surface area contributed by atoms with E-state index in [0.29, 0.717) is 0 Å². The van der Waals surface area contributed by atoms with Crippen LogP contribution < -0.4 is 0 Å². The van der Waals surface area contributed by atoms with E-state index in [9.17, 15) is 5.11 Å². The third-order valence-electron chi connectivity index (χ3n) is 5.94. The lowest BCUT2D eigenvalue weighted by Gasteiger charge is -2.49. The molecular weight excluding hydrogens is 292 g/mol. The number of aliphatic hydroxyl groups is 1. The van der Waals surface area contributed by atoms with Crippen LogP contribution in [0, 0.1) is 0 Å². The van der Waals surface area contributed by atoms with Crippen molar-refractivity contribution in [3.63, 3.8) is 0 Å². The van der Waals surface area contributed by atoms with Gasteiger partial charge in [0.05, 0.1) is 10.3 Å². The van der Waals surface area contributed by atoms with Gasteiger partial charge in [-0.15, -0.1) is 11.8 Å². The van der Waals surface area contributed by atoms with Crippen LogP contribution in [0.15, 0.2) is 11.5 Å². The van der Waals surface area contributed by atoms with Gasteiger partial charge in [0, 0.05) is 32.7 Å². The van der Waals surface area contributed by atoms with Crippen molar-refractivity contribution in [3.8, 4) is 0 Å². The van der Waals surface area contributed by atoms with E-state index < -0.39 is 5.60 Å². The lowest BCUT2D eigenvalue weighted by molar-refractivity contribution is -0.0355. The van der Waals surface area contributed by atoms with Gasteiger partial charge in [-0.3, -0.25) is 4.90 Å². The predicted octanol–water partition coefficient (Wildman–Crippen LogP) is 3.10. The topological polar surface area (TPSA) is 26.7 Å². The van der Waals surface area contributed by atoms with Gasteiger partial charge in [-0.2, -0.15) is 0 Å². The highest BCUT2D eigenvalue weighted by atomic mass is 32.2. The summed E-state index contributed by atoms with van der Waals surface area (Å²) in [6, 6.07) is 0. The lowest BCUT2D eigenvalue weighted by atomic mass is 9.75. The fraction of sp³-hybridized carbons (Fsp3) is 0.889. The molecular formula is C18H32N2OS. The molecule has 1 atom stereocenters. The molecule has 2 aliphatic heterocycles. The minimum atomic E-state index is -0.481. The number of likely N-dealkylation sites (N-methyl/N-ethyl adjacent to an activating group) is 1. The summed E-state index contributed by atoms with van der Waals surface area (Å²) in [6.07, 6.45) is 11.7. The molecule has 2 heterocycles. The molecule has 3 nitrogen and oxygen atoms in total. The predicted molar refractivity (Wildman–Crippen MR) is 95.3 cm³/mol. The Hall–Kier alpha value is -0.0300. The Morgan fingerprint density at radius 1 is 1.00 bits per heavy atom. The van der Waals surface area contributed by atoms with E-state index in [1.807, 2.05) is 11.8 Å². The van der Waals surface area contributed by atoms with E-state index >= 15 is 0 Å². The Labute approximate surface area is 140 Å². The number of allylic oxidation sites excluding steroid dienone is 1. The van der Waals surface area contributed by atoms with Gasteiger partial charge >= 0.3 is 0 Å². The molecule has 0 spiro atoms. The fourth-order valence-corrected chi connectivity index (χ4v) is 5.65. The summed E-state index contributed by atoms with van der Waals surface area (Å²) in [6.45, 7) is 5.66. The molecule has 1 aliphatic carbocycles. The molecule has 2 fully saturated rings. The average Bonchev–Trinajstić information content (AvgIpc) is 2.96. The Morgan fingerprint density at radius 3 is 2.23 bits per heavy atom. The van der Waals surface area contributed by atoms with Crippen molar-refractivity contribution < 1.29 is 5.11 Å². The molecule has 3 aliphatic rings. The highest BCUT2D eigenvalue weighted by Crippen LogP contribution is 2.50. The summed E-state index contributed by atoms with van der Waals surface area (Å²) < 4.78 is 0.000249. The third-order valence-corrected chi connectivity index (χ3v) is 7.40. The summed E-state index contributed by atoms with van der Waals surface area (Å²) in [5, 5.41) is 13.9. The molecule has 1 saturated carbocycles. The maximum atomic E-state index is 11.6. The summed E-state index contributed by atoms with van der Waals surface area (Å²) in [5.41, 5.74) is -0.481. The molecule has 0 bridgehead atoms. The highest BCUT2D eigenvalue weighted by Gasteiger charge is 2.51. The average molecular weight is 325 g/mol. The Bertz CT molecular complexity index is 375. The largest absolute Gasteiger partial charge is 0.388 e. The van der Waals surface area contributed by atoms with Gasteiger partial charge < -0.3 is 10.0 Å². The Kier molecular flexibility index (Phi) is 5.54. The SMILES string of the molecule is CN1CCN(CC2(C3(O)CCCCCCC3)CC=CS2)CC1. The Morgan fingerprint density at radius 2 is 1.64 bits per heavy atom. The fourth-order valence-electron chi connectivity index (χ4n) is 4.33. The minimum absolute atomic E-state index is 0.000249. The highest BCUT2D eigenvalue weighted by molar-refractivity contribution is 8.03. The zero-order valence-electron chi connectivity index (χ0n) is 14.1. The second-order valence-corrected chi connectivity index (χ2v) is 8.86. The smallest absolute Gasteiger partial charge is 0.0812 e. The van der Waals surface area contributed by atoms with Crippen LogP contribution in [-0.4, -0.2) is 65.0 Å². The molecule has 4 heteroatoms. The molecule has 22 heavy (non-hydrogen) atoms. The maximum absolute atomic E-state index is 11.6. The number of nitrogens with zero attached hydrogens (tertiary/aromatic N) is 2. The Balaban J connectivity index is 1.72. The van der Waals surface area contributed by atoms with Gasteiger partial charge in [0.2, 0.25) is 0 Å². The third kappa shape index (κ3) is 3.55. The molecule has 0 aromatic rings. The van der Waals surface area contributed by atoms with E-state index in [-0.39, 0.29) is 4.75 Å². The second kappa shape index (κ2) is 7.25. The van der Waals surface area contributed by atoms with Gasteiger partial charge in [-0.25, -0.2) is 0 Å². The summed E-state index contributed by atoms with van der Waals surface area (Å²) in [7, 11) is 2.21. The number of hydrogen-bond donors (Lipinski definition) is 1. The first-order valence-corrected chi connectivity index (χ1v) is 9.98. The first-order chi connectivity index (χ1) is 10.6. The molecule has 3 rings (SSSR count). The molecule has 1 saturated heterocycles. The molecule has 1 unspecified atom stereocenters. The van der Waals surface area contributed by atoms with Crippen molar-refractivity contribution in [2.75, 3.05) is 39.8 Å². The molecule has 1 N–H and O–H groups in total. The van der Waals surface area contributed by atoms with Crippen LogP contribution in [0.25, 0.3) is 0 Å². The molecule has 0 radical (unpaired) electrons. The number of piperazine rings is 1. The zero-order chi connectivity index (χ0) is 15.5. The molecule has 0 aromatic carbocycles. The standard InChI is InChI=1S/C18H32N2OS/c1-19-11-13-20(14-12-19)16-18(10-7-15-22-18)17(21)8-5-3-2-4-6-9-17/h7,15,21H,2-6,8-14,16H2,1H3. The van der Waals surface area contributed by atoms with E-state index in [4.69, 9.17) is 0 Å². The van der Waals surface area contributed by atoms with Crippen molar-refractivity contribution in [2.45, 2.75) is 61.7 Å². The van der Waals surface area contributed by atoms with Gasteiger partial charge in [-0.1, -0.05) is 38.2 Å². The van der Waals surface area contributed by atoms with Crippen molar-refractivity contribution in [1.29, 1.82) is 0 Å². The first kappa shape index (κ1) is 16.8. The number of thioether (sulfide) groups is 1. The summed E-state index contributed by atoms with van der Waals surface area (Å²) in [5.74, 6) is 0. The quantitative estimate of drug-likeness (QED) is 0.863. The van der Waals surface area contributed by atoms with Gasteiger partial charge in [0.15, 0.2) is 0 Å². The molecule has 0 aromatic heterocycles. The summed E-state index contributed by atoms with van der Waals surface area (Å²) >= 11 is 1.92. The van der Waals surface area contributed by atoms with Gasteiger partial charge in [0.25, 0.3) is 0 Å². The molecule has 126 valence electrons. The zero-order valence-corrected chi connectivity index (χ0v) is 14.9. The van der Waals surface area contributed by atoms with Crippen LogP contribution >= 0.6 is 11.8 Å². The van der Waals surface area contributed by atoms with E-state index in [1.165, 1.54) is 32.1 Å². The monoisotopic (exact) mass is 324 g/mol. The van der Waals surface area contributed by atoms with Crippen molar-refractivity contribution >= 4 is 11.8 Å². The van der Waals surface area contributed by atoms with E-state index in [2.05, 4.69) is 28.3 Å².